The van der Waals surface area contributed by atoms with Gasteiger partial charge in [-0.25, -0.2) is 9.55 Å². The summed E-state index contributed by atoms with van der Waals surface area (Å²) in [6.45, 7) is 5.45. The maximum atomic E-state index is 13.7. The van der Waals surface area contributed by atoms with Gasteiger partial charge in [-0.1, -0.05) is 11.6 Å². The zero-order valence-electron chi connectivity index (χ0n) is 22.1. The summed E-state index contributed by atoms with van der Waals surface area (Å²) in [5.41, 5.74) is 8.42. The molecule has 2 aromatic rings. The normalized spacial score (nSPS) is 24.8. The summed E-state index contributed by atoms with van der Waals surface area (Å²) in [6, 6.07) is 4.76. The minimum atomic E-state index is -4.32. The molecule has 2 heterocycles. The van der Waals surface area contributed by atoms with Gasteiger partial charge in [0.15, 0.2) is 5.96 Å². The number of imidazole rings is 1. The number of aromatic nitrogens is 2. The number of carbonyl (C=O) groups excluding carboxylic acids is 2. The number of hydrogen-bond acceptors (Lipinski definition) is 10. The Bertz CT molecular complexity index is 1280. The van der Waals surface area contributed by atoms with Crippen LogP contribution >= 0.6 is 19.3 Å². The molecule has 1 aliphatic heterocycles. The molecule has 17 heteroatoms. The second kappa shape index (κ2) is 12.6. The standard InChI is InChI=1S/C23H32ClN6O9P/c1-11(2)37-21(33)12(3)30-40(35,39-14-7-5-13(24)6-8-14)36-10-16-17(31)23(4,34)18(38-16)19-27-9-15(28-19)20(32)29-22(25)26/h5-9,11-12,16-18,31,34H,10H2,1-4H3,(H,27,28)(H,30,35)(H4,25,26,29,32)/t12-,16+,17+,18-,23+,40?/m0/s1. The number of esters is 1. The predicted octanol–water partition coefficient (Wildman–Crippen LogP) is 1.16. The lowest BCUT2D eigenvalue weighted by molar-refractivity contribution is -0.149. The number of nitrogens with two attached hydrogens (primary N) is 2. The molecule has 1 aromatic carbocycles. The molecule has 1 saturated heterocycles. The van der Waals surface area contributed by atoms with Crippen LogP contribution in [0.25, 0.3) is 0 Å². The van der Waals surface area contributed by atoms with Crippen molar-refractivity contribution in [3.05, 3.63) is 47.0 Å². The highest BCUT2D eigenvalue weighted by Gasteiger charge is 2.54. The zero-order chi connectivity index (χ0) is 29.8. The lowest BCUT2D eigenvalue weighted by Crippen LogP contribution is -2.43. The molecule has 6 atom stereocenters. The van der Waals surface area contributed by atoms with E-state index in [1.807, 2.05) is 0 Å². The van der Waals surface area contributed by atoms with Gasteiger partial charge in [-0.05, 0) is 52.0 Å². The van der Waals surface area contributed by atoms with E-state index in [1.165, 1.54) is 38.1 Å². The van der Waals surface area contributed by atoms with E-state index in [0.29, 0.717) is 5.02 Å². The van der Waals surface area contributed by atoms with Crippen molar-refractivity contribution in [3.8, 4) is 5.75 Å². The van der Waals surface area contributed by atoms with Gasteiger partial charge < -0.3 is 40.7 Å². The fraction of sp³-hybridized carbons (Fsp3) is 0.478. The average molecular weight is 603 g/mol. The van der Waals surface area contributed by atoms with E-state index < -0.39 is 68.2 Å². The Morgan fingerprint density at radius 1 is 1.30 bits per heavy atom. The second-order valence-electron chi connectivity index (χ2n) is 9.42. The number of benzene rings is 1. The van der Waals surface area contributed by atoms with Crippen LogP contribution in [-0.4, -0.2) is 74.6 Å². The first kappa shape index (κ1) is 31.5. The van der Waals surface area contributed by atoms with Gasteiger partial charge in [0.1, 0.15) is 47.2 Å². The van der Waals surface area contributed by atoms with Gasteiger partial charge in [-0.15, -0.1) is 0 Å². The third-order valence-electron chi connectivity index (χ3n) is 5.60. The Morgan fingerprint density at radius 3 is 2.55 bits per heavy atom. The number of aliphatic imine (C=N–C) groups is 1. The SMILES string of the molecule is CC(C)OC(=O)[C@H](C)NP(=O)(OC[C@H]1O[C@@H](c2ncc(C(=O)N=C(N)N)[nH]2)[C@](C)(O)[C@@H]1O)Oc1ccc(Cl)cc1. The van der Waals surface area contributed by atoms with E-state index in [1.54, 1.807) is 13.8 Å². The summed E-state index contributed by atoms with van der Waals surface area (Å²) in [6.07, 6.45) is -3.36. The molecule has 0 bridgehead atoms. The maximum Gasteiger partial charge on any atom is 0.459 e. The molecule has 15 nitrogen and oxygen atoms in total. The number of nitrogens with zero attached hydrogens (tertiary/aromatic N) is 2. The number of rotatable bonds is 11. The summed E-state index contributed by atoms with van der Waals surface area (Å²) < 4.78 is 35.8. The monoisotopic (exact) mass is 602 g/mol. The summed E-state index contributed by atoms with van der Waals surface area (Å²) in [5.74, 6) is -1.88. The number of hydrogen-bond donors (Lipinski definition) is 6. The van der Waals surface area contributed by atoms with Gasteiger partial charge in [-0.3, -0.25) is 14.1 Å². The van der Waals surface area contributed by atoms with E-state index in [-0.39, 0.29) is 17.3 Å². The number of aliphatic hydroxyl groups excluding tert-OH is 1. The zero-order valence-corrected chi connectivity index (χ0v) is 23.8. The van der Waals surface area contributed by atoms with Gasteiger partial charge in [0.2, 0.25) is 0 Å². The summed E-state index contributed by atoms with van der Waals surface area (Å²) in [7, 11) is -4.32. The number of nitrogens with one attached hydrogen (secondary N) is 2. The van der Waals surface area contributed by atoms with Gasteiger partial charge in [0, 0.05) is 5.02 Å². The third-order valence-corrected chi connectivity index (χ3v) is 7.50. The fourth-order valence-corrected chi connectivity index (χ4v) is 5.29. The molecule has 0 aliphatic carbocycles. The molecule has 1 fully saturated rings. The Kier molecular flexibility index (Phi) is 9.95. The second-order valence-corrected chi connectivity index (χ2v) is 11.6. The van der Waals surface area contributed by atoms with Crippen molar-refractivity contribution in [2.45, 2.75) is 63.8 Å². The number of halogens is 1. The molecule has 40 heavy (non-hydrogen) atoms. The number of aromatic amines is 1. The van der Waals surface area contributed by atoms with Crippen molar-refractivity contribution in [1.29, 1.82) is 0 Å². The van der Waals surface area contributed by atoms with Crippen LogP contribution in [0.5, 0.6) is 5.75 Å². The Hall–Kier alpha value is -3.04. The lowest BCUT2D eigenvalue weighted by Gasteiger charge is -2.26. The van der Waals surface area contributed by atoms with Gasteiger partial charge in [0.25, 0.3) is 5.91 Å². The molecule has 0 spiro atoms. The lowest BCUT2D eigenvalue weighted by atomic mass is 9.92. The van der Waals surface area contributed by atoms with Crippen LogP contribution in [0.15, 0.2) is 35.5 Å². The van der Waals surface area contributed by atoms with Crippen LogP contribution in [0.1, 0.15) is 50.1 Å². The van der Waals surface area contributed by atoms with Crippen LogP contribution in [0.4, 0.5) is 0 Å². The quantitative estimate of drug-likeness (QED) is 0.0918. The number of guanidine groups is 1. The van der Waals surface area contributed by atoms with E-state index in [4.69, 9.17) is 41.6 Å². The van der Waals surface area contributed by atoms with E-state index in [0.717, 1.165) is 6.20 Å². The first-order valence-corrected chi connectivity index (χ1v) is 14.0. The predicted molar refractivity (Wildman–Crippen MR) is 142 cm³/mol. The fourth-order valence-electron chi connectivity index (χ4n) is 3.67. The first-order valence-electron chi connectivity index (χ1n) is 12.0. The Balaban J connectivity index is 1.78. The summed E-state index contributed by atoms with van der Waals surface area (Å²) >= 11 is 5.91. The average Bonchev–Trinajstić information content (AvgIpc) is 3.42. The molecule has 220 valence electrons. The summed E-state index contributed by atoms with van der Waals surface area (Å²) in [5, 5.41) is 24.7. The van der Waals surface area contributed by atoms with Crippen LogP contribution in [-0.2, 0) is 23.4 Å². The summed E-state index contributed by atoms with van der Waals surface area (Å²) in [4.78, 5) is 34.5. The van der Waals surface area contributed by atoms with Crippen LogP contribution < -0.4 is 21.1 Å². The molecular weight excluding hydrogens is 571 g/mol. The van der Waals surface area contributed by atoms with Crippen molar-refractivity contribution in [1.82, 2.24) is 15.1 Å². The third kappa shape index (κ3) is 7.79. The highest BCUT2D eigenvalue weighted by atomic mass is 35.5. The number of carbonyl (C=O) groups is 2. The van der Waals surface area contributed by atoms with Gasteiger partial charge in [0.05, 0.1) is 18.9 Å². The van der Waals surface area contributed by atoms with Gasteiger partial charge in [-0.2, -0.15) is 10.1 Å². The first-order chi connectivity index (χ1) is 18.6. The molecule has 1 aromatic heterocycles. The highest BCUT2D eigenvalue weighted by molar-refractivity contribution is 7.52. The molecule has 1 amide bonds. The van der Waals surface area contributed by atoms with Crippen LogP contribution in [0.2, 0.25) is 5.02 Å². The molecule has 0 radical (unpaired) electrons. The van der Waals surface area contributed by atoms with E-state index >= 15 is 0 Å². The van der Waals surface area contributed by atoms with Crippen molar-refractivity contribution >= 4 is 37.2 Å². The van der Waals surface area contributed by atoms with Crippen molar-refractivity contribution < 1.29 is 42.9 Å². The van der Waals surface area contributed by atoms with Crippen molar-refractivity contribution in [3.63, 3.8) is 0 Å². The Morgan fingerprint density at radius 2 is 1.95 bits per heavy atom. The van der Waals surface area contributed by atoms with Crippen LogP contribution in [0.3, 0.4) is 0 Å². The topological polar surface area (TPSA) is 234 Å². The van der Waals surface area contributed by atoms with Gasteiger partial charge >= 0.3 is 13.7 Å². The molecule has 1 unspecified atom stereocenters. The molecular formula is C23H32ClN6O9P. The molecule has 1 aliphatic rings. The number of H-pyrrole nitrogens is 1. The smallest absolute Gasteiger partial charge is 0.459 e. The molecule has 8 N–H and O–H groups in total. The molecule has 3 rings (SSSR count). The van der Waals surface area contributed by atoms with Crippen LogP contribution in [0, 0.1) is 0 Å². The number of amides is 1. The van der Waals surface area contributed by atoms with E-state index in [2.05, 4.69) is 20.0 Å². The highest BCUT2D eigenvalue weighted by Crippen LogP contribution is 2.47. The van der Waals surface area contributed by atoms with Crippen molar-refractivity contribution in [2.24, 2.45) is 16.5 Å². The minimum Gasteiger partial charge on any atom is -0.462 e. The number of ether oxygens (including phenoxy) is 2. The maximum absolute atomic E-state index is 13.7. The minimum absolute atomic E-state index is 0.00975. The van der Waals surface area contributed by atoms with E-state index in [9.17, 15) is 24.4 Å². The number of aliphatic hydroxyl groups is 2. The van der Waals surface area contributed by atoms with Crippen molar-refractivity contribution in [2.75, 3.05) is 6.61 Å². The Labute approximate surface area is 234 Å². The largest absolute Gasteiger partial charge is 0.462 e. The molecule has 0 saturated carbocycles.